The van der Waals surface area contributed by atoms with Crippen LogP contribution in [0.25, 0.3) is 0 Å². The van der Waals surface area contributed by atoms with Gasteiger partial charge in [-0.15, -0.1) is 0 Å². The minimum atomic E-state index is -3.85. The van der Waals surface area contributed by atoms with Crippen molar-refractivity contribution in [2.24, 2.45) is 0 Å². The molecule has 0 spiro atoms. The largest absolute Gasteiger partial charge is 0.497 e. The Hall–Kier alpha value is -1.18. The monoisotopic (exact) mass is 303 g/mol. The fourth-order valence-electron chi connectivity index (χ4n) is 2.13. The molecule has 1 saturated heterocycles. The quantitative estimate of drug-likeness (QED) is 0.852. The van der Waals surface area contributed by atoms with E-state index in [1.165, 1.54) is 23.5 Å². The van der Waals surface area contributed by atoms with Crippen LogP contribution in [0.5, 0.6) is 5.75 Å². The van der Waals surface area contributed by atoms with Crippen molar-refractivity contribution in [3.8, 4) is 5.75 Å². The third kappa shape index (κ3) is 3.11. The van der Waals surface area contributed by atoms with E-state index in [0.717, 1.165) is 6.07 Å². The van der Waals surface area contributed by atoms with Gasteiger partial charge >= 0.3 is 0 Å². The van der Waals surface area contributed by atoms with Gasteiger partial charge in [0.15, 0.2) is 0 Å². The number of rotatable bonds is 3. The Kier molecular flexibility index (Phi) is 4.62. The number of benzene rings is 1. The Morgan fingerprint density at radius 3 is 2.85 bits per heavy atom. The number of halogens is 1. The zero-order valence-electron chi connectivity index (χ0n) is 11.5. The molecule has 1 aliphatic rings. The molecule has 0 aliphatic carbocycles. The Bertz CT molecular complexity index is 576. The van der Waals surface area contributed by atoms with E-state index in [1.807, 2.05) is 0 Å². The van der Waals surface area contributed by atoms with Crippen LogP contribution in [-0.2, 0) is 14.8 Å². The van der Waals surface area contributed by atoms with E-state index in [2.05, 4.69) is 0 Å². The average molecular weight is 303 g/mol. The van der Waals surface area contributed by atoms with Crippen molar-refractivity contribution in [1.82, 2.24) is 4.31 Å². The summed E-state index contributed by atoms with van der Waals surface area (Å²) in [7, 11) is -2.45. The first kappa shape index (κ1) is 15.2. The SMILES string of the molecule is COc1ccc(S(=O)(=O)N2CCCOC(C)C2)c(F)c1. The lowest BCUT2D eigenvalue weighted by Gasteiger charge is -2.22. The van der Waals surface area contributed by atoms with E-state index in [9.17, 15) is 12.8 Å². The van der Waals surface area contributed by atoms with Crippen LogP contribution in [0.15, 0.2) is 23.1 Å². The zero-order valence-corrected chi connectivity index (χ0v) is 12.3. The number of methoxy groups -OCH3 is 1. The number of sulfonamides is 1. The molecule has 0 aromatic heterocycles. The summed E-state index contributed by atoms with van der Waals surface area (Å²) in [6.07, 6.45) is 0.398. The van der Waals surface area contributed by atoms with Crippen molar-refractivity contribution >= 4 is 10.0 Å². The van der Waals surface area contributed by atoms with Crippen molar-refractivity contribution in [3.63, 3.8) is 0 Å². The molecule has 0 saturated carbocycles. The van der Waals surface area contributed by atoms with Gasteiger partial charge in [0.25, 0.3) is 0 Å². The molecule has 1 atom stereocenters. The summed E-state index contributed by atoms with van der Waals surface area (Å²) in [4.78, 5) is -0.326. The van der Waals surface area contributed by atoms with E-state index in [-0.39, 0.29) is 23.3 Å². The Balaban J connectivity index is 2.34. The van der Waals surface area contributed by atoms with Gasteiger partial charge in [-0.05, 0) is 25.5 Å². The number of hydrogen-bond acceptors (Lipinski definition) is 4. The lowest BCUT2D eigenvalue weighted by atomic mass is 10.3. The minimum absolute atomic E-state index is 0.200. The molecule has 2 rings (SSSR count). The van der Waals surface area contributed by atoms with Gasteiger partial charge in [-0.1, -0.05) is 0 Å². The van der Waals surface area contributed by atoms with Crippen LogP contribution >= 0.6 is 0 Å². The normalized spacial score (nSPS) is 21.4. The average Bonchev–Trinajstić information content (AvgIpc) is 2.63. The molecule has 1 aromatic carbocycles. The molecule has 0 N–H and O–H groups in total. The maximum absolute atomic E-state index is 14.0. The van der Waals surface area contributed by atoms with Crippen molar-refractivity contribution in [2.45, 2.75) is 24.3 Å². The fourth-order valence-corrected chi connectivity index (χ4v) is 3.73. The van der Waals surface area contributed by atoms with Crippen LogP contribution in [0.3, 0.4) is 0 Å². The molecule has 1 aromatic rings. The summed E-state index contributed by atoms with van der Waals surface area (Å²) in [6, 6.07) is 3.75. The summed E-state index contributed by atoms with van der Waals surface area (Å²) in [5.74, 6) is -0.517. The van der Waals surface area contributed by atoms with Crippen LogP contribution in [0, 0.1) is 5.82 Å². The Morgan fingerprint density at radius 2 is 2.20 bits per heavy atom. The first-order valence-electron chi connectivity index (χ1n) is 6.40. The van der Waals surface area contributed by atoms with Gasteiger partial charge in [0.1, 0.15) is 16.5 Å². The number of hydrogen-bond donors (Lipinski definition) is 0. The maximum Gasteiger partial charge on any atom is 0.246 e. The Morgan fingerprint density at radius 1 is 1.45 bits per heavy atom. The molecule has 1 fully saturated rings. The molecule has 7 heteroatoms. The predicted octanol–water partition coefficient (Wildman–Crippen LogP) is 1.63. The van der Waals surface area contributed by atoms with E-state index >= 15 is 0 Å². The molecular formula is C13H18FNO4S. The molecular weight excluding hydrogens is 285 g/mol. The molecule has 0 radical (unpaired) electrons. The maximum atomic E-state index is 14.0. The van der Waals surface area contributed by atoms with Gasteiger partial charge in [-0.3, -0.25) is 0 Å². The summed E-state index contributed by atoms with van der Waals surface area (Å²) >= 11 is 0. The molecule has 0 amide bonds. The van der Waals surface area contributed by atoms with Crippen LogP contribution in [0.2, 0.25) is 0 Å². The fraction of sp³-hybridized carbons (Fsp3) is 0.538. The van der Waals surface area contributed by atoms with E-state index in [1.54, 1.807) is 6.92 Å². The zero-order chi connectivity index (χ0) is 14.8. The summed E-state index contributed by atoms with van der Waals surface area (Å²) < 4.78 is 50.5. The third-order valence-corrected chi connectivity index (χ3v) is 5.07. The highest BCUT2D eigenvalue weighted by Crippen LogP contribution is 2.24. The molecule has 1 unspecified atom stereocenters. The molecule has 5 nitrogen and oxygen atoms in total. The first-order chi connectivity index (χ1) is 9.45. The first-order valence-corrected chi connectivity index (χ1v) is 7.84. The molecule has 1 heterocycles. The third-order valence-electron chi connectivity index (χ3n) is 3.17. The molecule has 112 valence electrons. The van der Waals surface area contributed by atoms with Crippen molar-refractivity contribution in [1.29, 1.82) is 0 Å². The van der Waals surface area contributed by atoms with Crippen LogP contribution < -0.4 is 4.74 Å². The van der Waals surface area contributed by atoms with Crippen LogP contribution in [0.4, 0.5) is 4.39 Å². The van der Waals surface area contributed by atoms with Gasteiger partial charge in [0.05, 0.1) is 13.2 Å². The van der Waals surface area contributed by atoms with Crippen molar-refractivity contribution < 1.29 is 22.3 Å². The topological polar surface area (TPSA) is 55.8 Å². The highest BCUT2D eigenvalue weighted by molar-refractivity contribution is 7.89. The summed E-state index contributed by atoms with van der Waals surface area (Å²) in [5.41, 5.74) is 0. The second-order valence-electron chi connectivity index (χ2n) is 4.69. The highest BCUT2D eigenvalue weighted by Gasteiger charge is 2.30. The second-order valence-corrected chi connectivity index (χ2v) is 6.60. The van der Waals surface area contributed by atoms with Gasteiger partial charge in [-0.25, -0.2) is 12.8 Å². The summed E-state index contributed by atoms with van der Waals surface area (Å²) in [5, 5.41) is 0. The second kappa shape index (κ2) is 6.07. The van der Waals surface area contributed by atoms with Crippen LogP contribution in [0.1, 0.15) is 13.3 Å². The van der Waals surface area contributed by atoms with Crippen molar-refractivity contribution in [2.75, 3.05) is 26.8 Å². The van der Waals surface area contributed by atoms with Gasteiger partial charge in [0, 0.05) is 25.8 Å². The smallest absolute Gasteiger partial charge is 0.246 e. The summed E-state index contributed by atoms with van der Waals surface area (Å²) in [6.45, 7) is 2.88. The van der Waals surface area contributed by atoms with E-state index < -0.39 is 15.8 Å². The van der Waals surface area contributed by atoms with Gasteiger partial charge in [-0.2, -0.15) is 4.31 Å². The highest BCUT2D eigenvalue weighted by atomic mass is 32.2. The number of nitrogens with zero attached hydrogens (tertiary/aromatic N) is 1. The molecule has 0 bridgehead atoms. The van der Waals surface area contributed by atoms with Crippen LogP contribution in [-0.4, -0.2) is 45.6 Å². The lowest BCUT2D eigenvalue weighted by Crippen LogP contribution is -2.36. The molecule has 20 heavy (non-hydrogen) atoms. The molecule has 1 aliphatic heterocycles. The van der Waals surface area contributed by atoms with E-state index in [0.29, 0.717) is 19.6 Å². The lowest BCUT2D eigenvalue weighted by molar-refractivity contribution is 0.0752. The van der Waals surface area contributed by atoms with E-state index in [4.69, 9.17) is 9.47 Å². The Labute approximate surface area is 118 Å². The van der Waals surface area contributed by atoms with Gasteiger partial charge < -0.3 is 9.47 Å². The minimum Gasteiger partial charge on any atom is -0.497 e. The van der Waals surface area contributed by atoms with Gasteiger partial charge in [0.2, 0.25) is 10.0 Å². The number of ether oxygens (including phenoxy) is 2. The standard InChI is InChI=1S/C13H18FNO4S/c1-10-9-15(6-3-7-19-10)20(16,17)13-5-4-11(18-2)8-12(13)14/h4-5,8,10H,3,6-7,9H2,1-2H3. The van der Waals surface area contributed by atoms with Crippen molar-refractivity contribution in [3.05, 3.63) is 24.0 Å². The predicted molar refractivity (Wildman–Crippen MR) is 71.7 cm³/mol.